The van der Waals surface area contributed by atoms with Crippen LogP contribution in [0.1, 0.15) is 55.0 Å². The second-order valence-corrected chi connectivity index (χ2v) is 12.4. The molecular formula is C27H33NO4S. The van der Waals surface area contributed by atoms with E-state index in [9.17, 15) is 10.2 Å². The molecule has 6 aliphatic rings. The standard InChI is InChI=1S/C27H33NO4S/c1-24(30,8-7-17-4-3-13-33-17)19-15-25-9-10-27(19,31-2)23-26(25)11-12-28-20(25)14-16-5-6-18(29)22(32-23)21(16)26/h3-6,13,19-20,23,28-30H,7-12,14-15H2,1-2H3/t19?,20-,23-,24-,25-,26+,27+/m1/s1. The van der Waals surface area contributed by atoms with Crippen LogP contribution in [0, 0.1) is 11.3 Å². The van der Waals surface area contributed by atoms with E-state index < -0.39 is 11.2 Å². The van der Waals surface area contributed by atoms with Gasteiger partial charge in [-0.1, -0.05) is 12.1 Å². The van der Waals surface area contributed by atoms with Crippen LogP contribution in [0.15, 0.2) is 29.6 Å². The van der Waals surface area contributed by atoms with Crippen LogP contribution in [0.4, 0.5) is 0 Å². The molecule has 1 unspecified atom stereocenters. The van der Waals surface area contributed by atoms with Crippen LogP contribution >= 0.6 is 11.3 Å². The highest BCUT2D eigenvalue weighted by molar-refractivity contribution is 7.09. The third-order valence-corrected chi connectivity index (χ3v) is 11.3. The molecule has 2 spiro atoms. The number of phenolic OH excluding ortho intramolecular Hbond substituents is 1. The topological polar surface area (TPSA) is 71.0 Å². The molecular weight excluding hydrogens is 434 g/mol. The summed E-state index contributed by atoms with van der Waals surface area (Å²) in [6.07, 6.45) is 6.25. The van der Waals surface area contributed by atoms with Crippen LogP contribution in [-0.4, -0.2) is 47.2 Å². The molecule has 3 N–H and O–H groups in total. The van der Waals surface area contributed by atoms with Crippen molar-refractivity contribution in [3.8, 4) is 11.5 Å². The first kappa shape index (κ1) is 20.7. The van der Waals surface area contributed by atoms with E-state index in [-0.39, 0.29) is 28.6 Å². The Morgan fingerprint density at radius 1 is 1.27 bits per heavy atom. The summed E-state index contributed by atoms with van der Waals surface area (Å²) in [5, 5.41) is 28.9. The molecule has 6 heteroatoms. The molecule has 0 amide bonds. The summed E-state index contributed by atoms with van der Waals surface area (Å²) in [6.45, 7) is 2.98. The third-order valence-electron chi connectivity index (χ3n) is 10.4. The van der Waals surface area contributed by atoms with Crippen LogP contribution < -0.4 is 10.1 Å². The van der Waals surface area contributed by atoms with Crippen molar-refractivity contribution >= 4 is 11.3 Å². The second kappa shape index (κ2) is 6.54. The van der Waals surface area contributed by atoms with Gasteiger partial charge in [-0.05, 0) is 81.5 Å². The van der Waals surface area contributed by atoms with Gasteiger partial charge < -0.3 is 25.0 Å². The van der Waals surface area contributed by atoms with Gasteiger partial charge in [-0.15, -0.1) is 11.3 Å². The average molecular weight is 468 g/mol. The number of aryl methyl sites for hydroxylation is 1. The van der Waals surface area contributed by atoms with E-state index >= 15 is 0 Å². The minimum atomic E-state index is -0.871. The fourth-order valence-electron chi connectivity index (χ4n) is 9.08. The monoisotopic (exact) mass is 467 g/mol. The van der Waals surface area contributed by atoms with E-state index in [1.165, 1.54) is 16.0 Å². The third kappa shape index (κ3) is 2.29. The lowest BCUT2D eigenvalue weighted by Crippen LogP contribution is -2.82. The summed E-state index contributed by atoms with van der Waals surface area (Å²) in [5.74, 6) is 0.906. The normalized spacial score (nSPS) is 41.4. The van der Waals surface area contributed by atoms with Crippen molar-refractivity contribution in [2.75, 3.05) is 13.7 Å². The number of ether oxygens (including phenoxy) is 2. The quantitative estimate of drug-likeness (QED) is 0.621. The van der Waals surface area contributed by atoms with Gasteiger partial charge in [-0.2, -0.15) is 0 Å². The van der Waals surface area contributed by atoms with Crippen molar-refractivity contribution in [1.82, 2.24) is 5.32 Å². The number of phenols is 1. The van der Waals surface area contributed by atoms with Gasteiger partial charge in [-0.25, -0.2) is 0 Å². The summed E-state index contributed by atoms with van der Waals surface area (Å²) in [6, 6.07) is 8.51. The Kier molecular flexibility index (Phi) is 4.11. The van der Waals surface area contributed by atoms with Crippen LogP contribution in [-0.2, 0) is 23.0 Å². The fourth-order valence-corrected chi connectivity index (χ4v) is 9.79. The molecule has 7 atom stereocenters. The minimum absolute atomic E-state index is 0.0137. The van der Waals surface area contributed by atoms with Crippen LogP contribution in [0.5, 0.6) is 11.5 Å². The molecule has 1 aromatic heterocycles. The second-order valence-electron chi connectivity index (χ2n) is 11.4. The number of aliphatic hydroxyl groups is 1. The lowest BCUT2D eigenvalue weighted by Gasteiger charge is -2.73. The molecule has 4 aliphatic carbocycles. The number of aromatic hydroxyl groups is 1. The van der Waals surface area contributed by atoms with Gasteiger partial charge in [0.15, 0.2) is 11.5 Å². The van der Waals surface area contributed by atoms with Crippen molar-refractivity contribution in [2.24, 2.45) is 11.3 Å². The Hall–Kier alpha value is -1.60. The van der Waals surface area contributed by atoms with Gasteiger partial charge in [0, 0.05) is 40.3 Å². The zero-order valence-electron chi connectivity index (χ0n) is 19.4. The maximum atomic E-state index is 12.0. The number of hydrogen-bond donors (Lipinski definition) is 3. The molecule has 1 saturated heterocycles. The summed E-state index contributed by atoms with van der Waals surface area (Å²) >= 11 is 1.76. The molecule has 1 aromatic carbocycles. The summed E-state index contributed by atoms with van der Waals surface area (Å²) in [5.41, 5.74) is 0.988. The van der Waals surface area contributed by atoms with Gasteiger partial charge in [-0.3, -0.25) is 0 Å². The van der Waals surface area contributed by atoms with Crippen molar-refractivity contribution in [1.29, 1.82) is 0 Å². The molecule has 5 nitrogen and oxygen atoms in total. The van der Waals surface area contributed by atoms with Gasteiger partial charge in [0.05, 0.1) is 5.60 Å². The maximum absolute atomic E-state index is 12.0. The average Bonchev–Trinajstić information content (AvgIpc) is 3.45. The molecule has 8 rings (SSSR count). The molecule has 4 bridgehead atoms. The van der Waals surface area contributed by atoms with E-state index in [0.29, 0.717) is 18.2 Å². The fraction of sp³-hybridized carbons (Fsp3) is 0.630. The van der Waals surface area contributed by atoms with E-state index in [4.69, 9.17) is 9.47 Å². The number of methoxy groups -OCH3 is 1. The number of hydrogen-bond acceptors (Lipinski definition) is 6. The molecule has 176 valence electrons. The minimum Gasteiger partial charge on any atom is -0.504 e. The highest BCUT2D eigenvalue weighted by atomic mass is 32.1. The van der Waals surface area contributed by atoms with Crippen LogP contribution in [0.2, 0.25) is 0 Å². The summed E-state index contributed by atoms with van der Waals surface area (Å²) in [7, 11) is 1.81. The van der Waals surface area contributed by atoms with Crippen LogP contribution in [0.3, 0.4) is 0 Å². The number of rotatable bonds is 5. The lowest BCUT2D eigenvalue weighted by atomic mass is 9.34. The van der Waals surface area contributed by atoms with Crippen molar-refractivity contribution in [2.45, 2.75) is 80.6 Å². The van der Waals surface area contributed by atoms with Gasteiger partial charge in [0.25, 0.3) is 0 Å². The first-order valence-corrected chi connectivity index (χ1v) is 13.3. The lowest BCUT2D eigenvalue weighted by molar-refractivity contribution is -0.292. The molecule has 2 aromatic rings. The summed E-state index contributed by atoms with van der Waals surface area (Å²) in [4.78, 5) is 1.31. The molecule has 3 heterocycles. The first-order chi connectivity index (χ1) is 15.9. The van der Waals surface area contributed by atoms with E-state index in [1.807, 2.05) is 14.0 Å². The Labute approximate surface area is 199 Å². The molecule has 3 saturated carbocycles. The predicted molar refractivity (Wildman–Crippen MR) is 127 cm³/mol. The number of benzene rings is 1. The van der Waals surface area contributed by atoms with Gasteiger partial charge in [0.1, 0.15) is 11.7 Å². The van der Waals surface area contributed by atoms with Crippen molar-refractivity contribution in [3.05, 3.63) is 45.6 Å². The molecule has 0 radical (unpaired) electrons. The Bertz CT molecular complexity index is 1120. The Morgan fingerprint density at radius 3 is 2.94 bits per heavy atom. The van der Waals surface area contributed by atoms with Crippen LogP contribution in [0.25, 0.3) is 0 Å². The highest BCUT2D eigenvalue weighted by Crippen LogP contribution is 2.76. The van der Waals surface area contributed by atoms with E-state index in [1.54, 1.807) is 17.4 Å². The first-order valence-electron chi connectivity index (χ1n) is 12.4. The zero-order valence-corrected chi connectivity index (χ0v) is 20.2. The Morgan fingerprint density at radius 2 is 2.15 bits per heavy atom. The number of thiophene rings is 1. The molecule has 33 heavy (non-hydrogen) atoms. The number of nitrogens with one attached hydrogen (secondary N) is 1. The van der Waals surface area contributed by atoms with Gasteiger partial charge >= 0.3 is 0 Å². The SMILES string of the molecule is CO[C@@]12CC[C@@]3(CC1[C@](C)(O)CCc1cccs1)[C@H]1Cc4ccc(O)c5c4[C@@]3(CCN1)[C@H]2O5. The molecule has 4 fully saturated rings. The van der Waals surface area contributed by atoms with Crippen molar-refractivity contribution < 1.29 is 19.7 Å². The predicted octanol–water partition coefficient (Wildman–Crippen LogP) is 3.94. The van der Waals surface area contributed by atoms with Crippen molar-refractivity contribution in [3.63, 3.8) is 0 Å². The summed E-state index contributed by atoms with van der Waals surface area (Å²) < 4.78 is 13.3. The Balaban J connectivity index is 1.38. The molecule has 2 aliphatic heterocycles. The van der Waals surface area contributed by atoms with Gasteiger partial charge in [0.2, 0.25) is 0 Å². The zero-order chi connectivity index (χ0) is 22.6. The smallest absolute Gasteiger partial charge is 0.165 e. The maximum Gasteiger partial charge on any atom is 0.165 e. The highest BCUT2D eigenvalue weighted by Gasteiger charge is 2.81. The number of fused-ring (bicyclic) bond motifs is 2. The number of piperidine rings is 1. The van der Waals surface area contributed by atoms with E-state index in [2.05, 4.69) is 28.9 Å². The largest absolute Gasteiger partial charge is 0.504 e. The van der Waals surface area contributed by atoms with E-state index in [0.717, 1.165) is 45.1 Å².